The normalized spacial score (nSPS) is 14.5. The quantitative estimate of drug-likeness (QED) is 0.780. The van der Waals surface area contributed by atoms with Gasteiger partial charge in [-0.3, -0.25) is 9.98 Å². The third-order valence-electron chi connectivity index (χ3n) is 3.41. The lowest BCUT2D eigenvalue weighted by Crippen LogP contribution is -1.82. The topological polar surface area (TPSA) is 71.5 Å². The number of allylic oxidation sites excluding steroid dienone is 1. The SMILES string of the molecule is Oc1oc(-c2ccncc2)nc1/C=C1\C=Nc2ccccc21. The van der Waals surface area contributed by atoms with E-state index in [2.05, 4.69) is 15.0 Å². The maximum absolute atomic E-state index is 9.97. The second kappa shape index (κ2) is 4.96. The van der Waals surface area contributed by atoms with Gasteiger partial charge in [0.05, 0.1) is 5.69 Å². The standard InChI is InChI=1S/C17H11N3O2/c21-17-15(20-16(22-17)11-5-7-18-8-6-11)9-12-10-19-14-4-2-1-3-13(12)14/h1-10,21H/b12-9+. The molecule has 0 saturated carbocycles. The molecule has 3 aromatic rings. The van der Waals surface area contributed by atoms with Gasteiger partial charge < -0.3 is 9.52 Å². The van der Waals surface area contributed by atoms with Crippen molar-refractivity contribution in [3.05, 3.63) is 60.0 Å². The van der Waals surface area contributed by atoms with E-state index in [4.69, 9.17) is 4.42 Å². The zero-order chi connectivity index (χ0) is 14.9. The highest BCUT2D eigenvalue weighted by atomic mass is 16.5. The van der Waals surface area contributed by atoms with Crippen LogP contribution in [0.1, 0.15) is 11.3 Å². The second-order valence-electron chi connectivity index (χ2n) is 4.82. The summed E-state index contributed by atoms with van der Waals surface area (Å²) in [5, 5.41) is 9.97. The molecule has 4 rings (SSSR count). The molecule has 1 N–H and O–H groups in total. The van der Waals surface area contributed by atoms with Crippen LogP contribution < -0.4 is 0 Å². The van der Waals surface area contributed by atoms with Gasteiger partial charge in [-0.1, -0.05) is 18.2 Å². The monoisotopic (exact) mass is 289 g/mol. The number of aromatic nitrogens is 2. The first kappa shape index (κ1) is 12.5. The van der Waals surface area contributed by atoms with Crippen LogP contribution in [0.15, 0.2) is 58.2 Å². The summed E-state index contributed by atoms with van der Waals surface area (Å²) >= 11 is 0. The molecule has 0 unspecified atom stereocenters. The van der Waals surface area contributed by atoms with Crippen LogP contribution in [-0.2, 0) is 0 Å². The van der Waals surface area contributed by atoms with E-state index in [1.807, 2.05) is 24.3 Å². The number of fused-ring (bicyclic) bond motifs is 1. The van der Waals surface area contributed by atoms with Gasteiger partial charge in [0.25, 0.3) is 0 Å². The molecule has 0 radical (unpaired) electrons. The molecule has 5 nitrogen and oxygen atoms in total. The van der Waals surface area contributed by atoms with Gasteiger partial charge in [-0.15, -0.1) is 0 Å². The minimum Gasteiger partial charge on any atom is -0.479 e. The average molecular weight is 289 g/mol. The number of oxazole rings is 1. The Morgan fingerprint density at radius 1 is 1.05 bits per heavy atom. The maximum atomic E-state index is 9.97. The molecule has 0 saturated heterocycles. The Balaban J connectivity index is 1.75. The van der Waals surface area contributed by atoms with Crippen molar-refractivity contribution in [3.8, 4) is 17.4 Å². The van der Waals surface area contributed by atoms with Gasteiger partial charge in [0.15, 0.2) is 0 Å². The van der Waals surface area contributed by atoms with Crippen molar-refractivity contribution in [2.75, 3.05) is 0 Å². The molecule has 0 aliphatic carbocycles. The summed E-state index contributed by atoms with van der Waals surface area (Å²) < 4.78 is 5.33. The van der Waals surface area contributed by atoms with E-state index in [-0.39, 0.29) is 5.95 Å². The molecular weight excluding hydrogens is 278 g/mol. The summed E-state index contributed by atoms with van der Waals surface area (Å²) in [6.07, 6.45) is 6.81. The zero-order valence-corrected chi connectivity index (χ0v) is 11.5. The van der Waals surface area contributed by atoms with Crippen LogP contribution in [0.3, 0.4) is 0 Å². The van der Waals surface area contributed by atoms with Gasteiger partial charge in [0, 0.05) is 35.3 Å². The fourth-order valence-corrected chi connectivity index (χ4v) is 2.34. The first-order valence-corrected chi connectivity index (χ1v) is 6.76. The Kier molecular flexibility index (Phi) is 2.83. The van der Waals surface area contributed by atoms with Crippen molar-refractivity contribution < 1.29 is 9.52 Å². The summed E-state index contributed by atoms with van der Waals surface area (Å²) in [6.45, 7) is 0. The average Bonchev–Trinajstić information content (AvgIpc) is 3.13. The number of aromatic hydroxyl groups is 1. The smallest absolute Gasteiger partial charge is 0.310 e. The highest BCUT2D eigenvalue weighted by Gasteiger charge is 2.16. The Morgan fingerprint density at radius 2 is 1.86 bits per heavy atom. The number of rotatable bonds is 2. The molecule has 22 heavy (non-hydrogen) atoms. The molecule has 2 aromatic heterocycles. The molecule has 0 spiro atoms. The van der Waals surface area contributed by atoms with Gasteiger partial charge in [0.2, 0.25) is 5.89 Å². The second-order valence-corrected chi connectivity index (χ2v) is 4.82. The third kappa shape index (κ3) is 2.09. The summed E-state index contributed by atoms with van der Waals surface area (Å²) in [7, 11) is 0. The van der Waals surface area contributed by atoms with Crippen LogP contribution >= 0.6 is 0 Å². The predicted molar refractivity (Wildman–Crippen MR) is 83.9 cm³/mol. The van der Waals surface area contributed by atoms with E-state index in [0.29, 0.717) is 11.6 Å². The first-order chi connectivity index (χ1) is 10.8. The predicted octanol–water partition coefficient (Wildman–Crippen LogP) is 3.70. The number of hydrogen-bond donors (Lipinski definition) is 1. The maximum Gasteiger partial charge on any atom is 0.310 e. The van der Waals surface area contributed by atoms with Crippen molar-refractivity contribution in [2.24, 2.45) is 4.99 Å². The van der Waals surface area contributed by atoms with Crippen LogP contribution in [0.5, 0.6) is 5.95 Å². The number of pyridine rings is 1. The highest BCUT2D eigenvalue weighted by molar-refractivity contribution is 6.21. The van der Waals surface area contributed by atoms with Crippen molar-refractivity contribution >= 4 is 23.6 Å². The summed E-state index contributed by atoms with van der Waals surface area (Å²) in [4.78, 5) is 12.6. The third-order valence-corrected chi connectivity index (χ3v) is 3.41. The minimum absolute atomic E-state index is 0.211. The van der Waals surface area contributed by atoms with Gasteiger partial charge in [-0.05, 0) is 24.3 Å². The minimum atomic E-state index is -0.211. The van der Waals surface area contributed by atoms with E-state index < -0.39 is 0 Å². The van der Waals surface area contributed by atoms with Crippen molar-refractivity contribution in [1.29, 1.82) is 0 Å². The van der Waals surface area contributed by atoms with Gasteiger partial charge in [-0.2, -0.15) is 0 Å². The Morgan fingerprint density at radius 3 is 2.73 bits per heavy atom. The fourth-order valence-electron chi connectivity index (χ4n) is 2.34. The molecule has 0 fully saturated rings. The lowest BCUT2D eigenvalue weighted by Gasteiger charge is -1.97. The van der Waals surface area contributed by atoms with Crippen molar-refractivity contribution in [1.82, 2.24) is 9.97 Å². The number of nitrogens with zero attached hydrogens (tertiary/aromatic N) is 3. The highest BCUT2D eigenvalue weighted by Crippen LogP contribution is 2.34. The first-order valence-electron chi connectivity index (χ1n) is 6.76. The van der Waals surface area contributed by atoms with Crippen LogP contribution in [0.25, 0.3) is 23.1 Å². The van der Waals surface area contributed by atoms with Gasteiger partial charge in [0.1, 0.15) is 5.69 Å². The summed E-state index contributed by atoms with van der Waals surface area (Å²) in [6, 6.07) is 11.4. The molecule has 1 aliphatic heterocycles. The molecule has 1 aliphatic rings. The Bertz CT molecular complexity index is 895. The Hall–Kier alpha value is -3.21. The number of benzene rings is 1. The van der Waals surface area contributed by atoms with Crippen LogP contribution in [-0.4, -0.2) is 21.3 Å². The van der Waals surface area contributed by atoms with E-state index in [1.165, 1.54) is 0 Å². The van der Waals surface area contributed by atoms with Crippen molar-refractivity contribution in [2.45, 2.75) is 0 Å². The molecule has 3 heterocycles. The van der Waals surface area contributed by atoms with Gasteiger partial charge >= 0.3 is 5.95 Å². The number of hydrogen-bond acceptors (Lipinski definition) is 5. The molecule has 0 amide bonds. The lowest BCUT2D eigenvalue weighted by atomic mass is 10.1. The molecule has 1 aromatic carbocycles. The Labute approximate surface area is 126 Å². The van der Waals surface area contributed by atoms with E-state index in [1.54, 1.807) is 36.8 Å². The van der Waals surface area contributed by atoms with E-state index in [9.17, 15) is 5.11 Å². The molecule has 0 atom stereocenters. The number of para-hydroxylation sites is 1. The summed E-state index contributed by atoms with van der Waals surface area (Å²) in [5.74, 6) is 0.145. The molecule has 5 heteroatoms. The molecular formula is C17H11N3O2. The summed E-state index contributed by atoms with van der Waals surface area (Å²) in [5.41, 5.74) is 3.95. The molecule has 106 valence electrons. The van der Waals surface area contributed by atoms with Crippen LogP contribution in [0.2, 0.25) is 0 Å². The largest absolute Gasteiger partial charge is 0.479 e. The fraction of sp³-hybridized carbons (Fsp3) is 0. The van der Waals surface area contributed by atoms with Crippen molar-refractivity contribution in [3.63, 3.8) is 0 Å². The number of aliphatic imine (C=N–C) groups is 1. The van der Waals surface area contributed by atoms with Gasteiger partial charge in [-0.25, -0.2) is 4.98 Å². The van der Waals surface area contributed by atoms with E-state index in [0.717, 1.165) is 22.4 Å². The van der Waals surface area contributed by atoms with E-state index >= 15 is 0 Å². The molecule has 0 bridgehead atoms. The van der Waals surface area contributed by atoms with Crippen LogP contribution in [0.4, 0.5) is 5.69 Å². The lowest BCUT2D eigenvalue weighted by molar-refractivity contribution is 0.336. The zero-order valence-electron chi connectivity index (χ0n) is 11.5. The van der Waals surface area contributed by atoms with Crippen LogP contribution in [0, 0.1) is 0 Å².